The fourth-order valence-electron chi connectivity index (χ4n) is 3.08. The van der Waals surface area contributed by atoms with Crippen molar-refractivity contribution in [2.45, 2.75) is 25.9 Å². The van der Waals surface area contributed by atoms with Crippen molar-refractivity contribution in [3.8, 4) is 11.4 Å². The second-order valence-corrected chi connectivity index (χ2v) is 7.15. The number of benzene rings is 2. The van der Waals surface area contributed by atoms with Crippen LogP contribution in [-0.2, 0) is 6.42 Å². The smallest absolute Gasteiger partial charge is 0.137 e. The lowest BCUT2D eigenvalue weighted by Gasteiger charge is -2.20. The lowest BCUT2D eigenvalue weighted by Crippen LogP contribution is -2.09. The standard InChI is InChI=1S/C18H15BrClN3O/c1-11-21-22-18-9-8-17(24-14-5-3-13(20)4-6-14)15-10-12(19)2-7-16(15)23(11)18/h2-7,10,17H,8-9H2,1H3. The van der Waals surface area contributed by atoms with Crippen LogP contribution in [0.25, 0.3) is 5.69 Å². The predicted molar refractivity (Wildman–Crippen MR) is 96.9 cm³/mol. The van der Waals surface area contributed by atoms with Crippen molar-refractivity contribution < 1.29 is 4.74 Å². The number of fused-ring (bicyclic) bond motifs is 3. The number of aryl methyl sites for hydroxylation is 2. The molecule has 0 spiro atoms. The highest BCUT2D eigenvalue weighted by molar-refractivity contribution is 9.10. The van der Waals surface area contributed by atoms with Gasteiger partial charge in [-0.05, 0) is 55.8 Å². The molecule has 1 unspecified atom stereocenters. The molecule has 1 atom stereocenters. The second kappa shape index (κ2) is 6.22. The predicted octanol–water partition coefficient (Wildman–Crippen LogP) is 5.06. The zero-order valence-corrected chi connectivity index (χ0v) is 15.4. The lowest BCUT2D eigenvalue weighted by atomic mass is 10.0. The Morgan fingerprint density at radius 1 is 1.17 bits per heavy atom. The largest absolute Gasteiger partial charge is 0.486 e. The number of hydrogen-bond acceptors (Lipinski definition) is 3. The molecule has 0 fully saturated rings. The van der Waals surface area contributed by atoms with Gasteiger partial charge in [0.15, 0.2) is 0 Å². The maximum Gasteiger partial charge on any atom is 0.137 e. The van der Waals surface area contributed by atoms with Crippen LogP contribution in [-0.4, -0.2) is 14.8 Å². The Bertz CT molecular complexity index is 892. The molecule has 0 saturated carbocycles. The summed E-state index contributed by atoms with van der Waals surface area (Å²) in [6, 6.07) is 13.7. The summed E-state index contributed by atoms with van der Waals surface area (Å²) < 4.78 is 9.42. The van der Waals surface area contributed by atoms with Crippen LogP contribution >= 0.6 is 27.5 Å². The Kier molecular flexibility index (Phi) is 4.06. The van der Waals surface area contributed by atoms with Crippen LogP contribution in [0, 0.1) is 6.92 Å². The molecule has 1 aliphatic rings. The Hall–Kier alpha value is -1.85. The van der Waals surface area contributed by atoms with Crippen molar-refractivity contribution in [2.75, 3.05) is 0 Å². The summed E-state index contributed by atoms with van der Waals surface area (Å²) in [4.78, 5) is 0. The third-order valence-corrected chi connectivity index (χ3v) is 4.94. The molecule has 0 amide bonds. The number of nitrogens with zero attached hydrogens (tertiary/aromatic N) is 3. The van der Waals surface area contributed by atoms with E-state index in [1.807, 2.05) is 37.3 Å². The molecule has 0 N–H and O–H groups in total. The van der Waals surface area contributed by atoms with Gasteiger partial charge in [0, 0.05) is 21.5 Å². The Balaban J connectivity index is 1.78. The first-order valence-electron chi connectivity index (χ1n) is 7.75. The first-order valence-corrected chi connectivity index (χ1v) is 8.92. The van der Waals surface area contributed by atoms with Crippen LogP contribution in [0.1, 0.15) is 29.7 Å². The molecule has 24 heavy (non-hydrogen) atoms. The van der Waals surface area contributed by atoms with Gasteiger partial charge in [0.1, 0.15) is 23.5 Å². The first kappa shape index (κ1) is 15.7. The summed E-state index contributed by atoms with van der Waals surface area (Å²) in [5.41, 5.74) is 2.20. The van der Waals surface area contributed by atoms with E-state index in [-0.39, 0.29) is 6.10 Å². The Morgan fingerprint density at radius 3 is 2.75 bits per heavy atom. The molecule has 0 radical (unpaired) electrons. The van der Waals surface area contributed by atoms with Gasteiger partial charge in [-0.3, -0.25) is 4.57 Å². The maximum atomic E-state index is 6.27. The minimum absolute atomic E-state index is 0.0558. The summed E-state index contributed by atoms with van der Waals surface area (Å²) in [5, 5.41) is 9.25. The van der Waals surface area contributed by atoms with Gasteiger partial charge in [0.05, 0.1) is 5.69 Å². The highest BCUT2D eigenvalue weighted by Gasteiger charge is 2.26. The maximum absolute atomic E-state index is 6.27. The van der Waals surface area contributed by atoms with E-state index >= 15 is 0 Å². The molecule has 0 bridgehead atoms. The van der Waals surface area contributed by atoms with Crippen LogP contribution < -0.4 is 4.74 Å². The van der Waals surface area contributed by atoms with Gasteiger partial charge in [-0.15, -0.1) is 10.2 Å². The molecule has 0 aliphatic carbocycles. The fraction of sp³-hybridized carbons (Fsp3) is 0.222. The molecular weight excluding hydrogens is 390 g/mol. The van der Waals surface area contributed by atoms with Gasteiger partial charge in [-0.2, -0.15) is 0 Å². The molecule has 1 aliphatic heterocycles. The van der Waals surface area contributed by atoms with E-state index < -0.39 is 0 Å². The third kappa shape index (κ3) is 2.82. The van der Waals surface area contributed by atoms with E-state index in [9.17, 15) is 0 Å². The van der Waals surface area contributed by atoms with Crippen LogP contribution in [0.4, 0.5) is 0 Å². The second-order valence-electron chi connectivity index (χ2n) is 5.80. The highest BCUT2D eigenvalue weighted by atomic mass is 79.9. The van der Waals surface area contributed by atoms with Gasteiger partial charge in [0.25, 0.3) is 0 Å². The first-order chi connectivity index (χ1) is 11.6. The minimum atomic E-state index is -0.0558. The van der Waals surface area contributed by atoms with Crippen molar-refractivity contribution in [1.29, 1.82) is 0 Å². The zero-order valence-electron chi connectivity index (χ0n) is 13.0. The number of halogens is 2. The van der Waals surface area contributed by atoms with Gasteiger partial charge in [-0.25, -0.2) is 0 Å². The van der Waals surface area contributed by atoms with Gasteiger partial charge < -0.3 is 4.74 Å². The van der Waals surface area contributed by atoms with E-state index in [1.54, 1.807) is 0 Å². The Morgan fingerprint density at radius 2 is 1.96 bits per heavy atom. The number of hydrogen-bond donors (Lipinski definition) is 0. The number of ether oxygens (including phenoxy) is 1. The van der Waals surface area contributed by atoms with E-state index in [1.165, 1.54) is 0 Å². The Labute approximate surface area is 153 Å². The van der Waals surface area contributed by atoms with E-state index in [0.717, 1.165) is 46.0 Å². The molecule has 3 aromatic rings. The molecule has 4 rings (SSSR count). The zero-order chi connectivity index (χ0) is 16.7. The summed E-state index contributed by atoms with van der Waals surface area (Å²) in [7, 11) is 0. The van der Waals surface area contributed by atoms with E-state index in [0.29, 0.717) is 5.02 Å². The molecule has 1 aromatic heterocycles. The van der Waals surface area contributed by atoms with Gasteiger partial charge in [-0.1, -0.05) is 27.5 Å². The van der Waals surface area contributed by atoms with Crippen molar-refractivity contribution >= 4 is 27.5 Å². The van der Waals surface area contributed by atoms with Gasteiger partial charge in [0.2, 0.25) is 0 Å². The summed E-state index contributed by atoms with van der Waals surface area (Å²) in [6.45, 7) is 1.97. The monoisotopic (exact) mass is 403 g/mol. The molecule has 2 aromatic carbocycles. The lowest BCUT2D eigenvalue weighted by molar-refractivity contribution is 0.196. The minimum Gasteiger partial charge on any atom is -0.486 e. The van der Waals surface area contributed by atoms with Crippen LogP contribution in [0.3, 0.4) is 0 Å². The quantitative estimate of drug-likeness (QED) is 0.599. The summed E-state index contributed by atoms with van der Waals surface area (Å²) in [6.07, 6.45) is 1.59. The summed E-state index contributed by atoms with van der Waals surface area (Å²) >= 11 is 9.54. The third-order valence-electron chi connectivity index (χ3n) is 4.19. The molecule has 2 heterocycles. The van der Waals surface area contributed by atoms with Crippen molar-refractivity contribution in [2.24, 2.45) is 0 Å². The summed E-state index contributed by atoms with van der Waals surface area (Å²) in [5.74, 6) is 2.67. The molecular formula is C18H15BrClN3O. The molecule has 6 heteroatoms. The SMILES string of the molecule is Cc1nnc2n1-c1ccc(Br)cc1C(Oc1ccc(Cl)cc1)CC2. The number of aromatic nitrogens is 3. The molecule has 4 nitrogen and oxygen atoms in total. The van der Waals surface area contributed by atoms with Crippen molar-refractivity contribution in [1.82, 2.24) is 14.8 Å². The van der Waals surface area contributed by atoms with E-state index in [2.05, 4.69) is 42.8 Å². The van der Waals surface area contributed by atoms with Gasteiger partial charge >= 0.3 is 0 Å². The average molecular weight is 405 g/mol. The average Bonchev–Trinajstić information content (AvgIpc) is 2.86. The topological polar surface area (TPSA) is 39.9 Å². The van der Waals surface area contributed by atoms with Crippen LogP contribution in [0.15, 0.2) is 46.9 Å². The normalized spacial score (nSPS) is 16.2. The highest BCUT2D eigenvalue weighted by Crippen LogP contribution is 2.36. The van der Waals surface area contributed by atoms with Crippen molar-refractivity contribution in [3.63, 3.8) is 0 Å². The van der Waals surface area contributed by atoms with E-state index in [4.69, 9.17) is 16.3 Å². The van der Waals surface area contributed by atoms with Crippen molar-refractivity contribution in [3.05, 3.63) is 69.2 Å². The molecule has 122 valence electrons. The van der Waals surface area contributed by atoms with Crippen LogP contribution in [0.2, 0.25) is 5.02 Å². The number of rotatable bonds is 2. The fourth-order valence-corrected chi connectivity index (χ4v) is 3.59. The van der Waals surface area contributed by atoms with Crippen LogP contribution in [0.5, 0.6) is 5.75 Å². The molecule has 0 saturated heterocycles.